The summed E-state index contributed by atoms with van der Waals surface area (Å²) in [6, 6.07) is 17.2. The quantitative estimate of drug-likeness (QED) is 0.372. The Morgan fingerprint density at radius 3 is 2.45 bits per heavy atom. The molecule has 0 saturated heterocycles. The molecule has 0 unspecified atom stereocenters. The molecule has 4 aromatic rings. The summed E-state index contributed by atoms with van der Waals surface area (Å²) in [5.41, 5.74) is 4.74. The van der Waals surface area contributed by atoms with Crippen molar-refractivity contribution < 1.29 is 0 Å². The Bertz CT molecular complexity index is 1370. The number of hydrogen-bond donors (Lipinski definition) is 1. The number of hydrogen-bond acceptors (Lipinski definition) is 5. The highest BCUT2D eigenvalue weighted by Gasteiger charge is 2.18. The van der Waals surface area contributed by atoms with E-state index in [1.165, 1.54) is 11.6 Å². The van der Waals surface area contributed by atoms with E-state index in [0.29, 0.717) is 35.1 Å². The van der Waals surface area contributed by atoms with Gasteiger partial charge in [0.2, 0.25) is 5.95 Å². The predicted molar refractivity (Wildman–Crippen MR) is 123 cm³/mol. The number of imidazole rings is 1. The van der Waals surface area contributed by atoms with Gasteiger partial charge in [-0.1, -0.05) is 54.1 Å². The number of aromatic nitrogens is 4. The van der Waals surface area contributed by atoms with Gasteiger partial charge in [-0.3, -0.25) is 13.9 Å². The third-order valence-corrected chi connectivity index (χ3v) is 5.32. The smallest absolute Gasteiger partial charge is 0.303 e. The van der Waals surface area contributed by atoms with E-state index in [4.69, 9.17) is 11.6 Å². The SMILES string of the molecule is Cn1c(=O)c2c(nc(NN=Cc3ccc(Cl)cc3)n2CCc2ccccc2)n(C)c1=O. The van der Waals surface area contributed by atoms with Gasteiger partial charge in [-0.25, -0.2) is 10.2 Å². The second-order valence-electron chi connectivity index (χ2n) is 7.12. The van der Waals surface area contributed by atoms with Gasteiger partial charge in [0.05, 0.1) is 6.21 Å². The molecular formula is C22H21ClN6O2. The summed E-state index contributed by atoms with van der Waals surface area (Å²) in [4.78, 5) is 29.7. The normalized spacial score (nSPS) is 11.5. The molecule has 8 nitrogen and oxygen atoms in total. The van der Waals surface area contributed by atoms with Crippen molar-refractivity contribution in [3.05, 3.63) is 91.6 Å². The fourth-order valence-corrected chi connectivity index (χ4v) is 3.47. The first kappa shape index (κ1) is 20.6. The standard InChI is InChI=1S/C22H21ClN6O2/c1-27-19-18(20(30)28(2)22(27)31)29(13-12-15-6-4-3-5-7-15)21(25-19)26-24-14-16-8-10-17(23)11-9-16/h3-11,14H,12-13H2,1-2H3,(H,25,26). The van der Waals surface area contributed by atoms with Crippen LogP contribution in [0.1, 0.15) is 11.1 Å². The van der Waals surface area contributed by atoms with Crippen molar-refractivity contribution >= 4 is 34.9 Å². The first-order valence-electron chi connectivity index (χ1n) is 9.70. The van der Waals surface area contributed by atoms with E-state index in [2.05, 4.69) is 15.5 Å². The summed E-state index contributed by atoms with van der Waals surface area (Å²) in [6.07, 6.45) is 2.32. The molecule has 0 fully saturated rings. The fourth-order valence-electron chi connectivity index (χ4n) is 3.35. The molecule has 0 aliphatic carbocycles. The van der Waals surface area contributed by atoms with Crippen LogP contribution in [0.15, 0.2) is 69.3 Å². The van der Waals surface area contributed by atoms with Crippen LogP contribution in [0.2, 0.25) is 5.02 Å². The van der Waals surface area contributed by atoms with E-state index < -0.39 is 11.2 Å². The van der Waals surface area contributed by atoms with Crippen LogP contribution in [0.25, 0.3) is 11.2 Å². The van der Waals surface area contributed by atoms with E-state index in [-0.39, 0.29) is 0 Å². The molecule has 31 heavy (non-hydrogen) atoms. The van der Waals surface area contributed by atoms with Gasteiger partial charge in [0.25, 0.3) is 5.56 Å². The molecule has 1 N–H and O–H groups in total. The second kappa shape index (κ2) is 8.61. The third kappa shape index (κ3) is 4.15. The Balaban J connectivity index is 1.74. The van der Waals surface area contributed by atoms with E-state index in [1.807, 2.05) is 42.5 Å². The summed E-state index contributed by atoms with van der Waals surface area (Å²) < 4.78 is 4.22. The van der Waals surface area contributed by atoms with Crippen LogP contribution >= 0.6 is 11.6 Å². The van der Waals surface area contributed by atoms with Gasteiger partial charge in [0.1, 0.15) is 0 Å². The molecule has 2 aromatic heterocycles. The van der Waals surface area contributed by atoms with Crippen LogP contribution in [-0.4, -0.2) is 24.9 Å². The molecule has 0 radical (unpaired) electrons. The molecule has 0 bridgehead atoms. The molecule has 4 rings (SSSR count). The molecule has 0 atom stereocenters. The minimum absolute atomic E-state index is 0.311. The lowest BCUT2D eigenvalue weighted by Crippen LogP contribution is -2.37. The Hall–Kier alpha value is -3.65. The highest BCUT2D eigenvalue weighted by atomic mass is 35.5. The minimum Gasteiger partial charge on any atom is -0.303 e. The van der Waals surface area contributed by atoms with Crippen molar-refractivity contribution in [3.63, 3.8) is 0 Å². The van der Waals surface area contributed by atoms with Crippen LogP contribution in [0.5, 0.6) is 0 Å². The highest BCUT2D eigenvalue weighted by Crippen LogP contribution is 2.17. The lowest BCUT2D eigenvalue weighted by molar-refractivity contribution is 0.687. The zero-order valence-electron chi connectivity index (χ0n) is 17.1. The number of aryl methyl sites for hydroxylation is 3. The average Bonchev–Trinajstić information content (AvgIpc) is 3.15. The topological polar surface area (TPSA) is 86.2 Å². The van der Waals surface area contributed by atoms with Crippen molar-refractivity contribution in [2.45, 2.75) is 13.0 Å². The molecule has 0 spiro atoms. The van der Waals surface area contributed by atoms with Crippen LogP contribution in [0, 0.1) is 0 Å². The molecule has 0 aliphatic heterocycles. The molecule has 0 aliphatic rings. The number of halogens is 1. The Labute approximate surface area is 183 Å². The van der Waals surface area contributed by atoms with Gasteiger partial charge >= 0.3 is 5.69 Å². The summed E-state index contributed by atoms with van der Waals surface area (Å²) in [5, 5.41) is 4.90. The maximum absolute atomic E-state index is 12.9. The maximum Gasteiger partial charge on any atom is 0.332 e. The van der Waals surface area contributed by atoms with Gasteiger partial charge in [-0.05, 0) is 29.7 Å². The Morgan fingerprint density at radius 2 is 1.74 bits per heavy atom. The second-order valence-corrected chi connectivity index (χ2v) is 7.56. The number of anilines is 1. The van der Waals surface area contributed by atoms with Crippen molar-refractivity contribution in [3.8, 4) is 0 Å². The zero-order chi connectivity index (χ0) is 22.0. The summed E-state index contributed by atoms with van der Waals surface area (Å²) in [5.74, 6) is 0.384. The van der Waals surface area contributed by atoms with Crippen LogP contribution in [0.3, 0.4) is 0 Å². The molecule has 158 valence electrons. The molecular weight excluding hydrogens is 416 g/mol. The number of hydrazone groups is 1. The maximum atomic E-state index is 12.9. The Morgan fingerprint density at radius 1 is 1.03 bits per heavy atom. The van der Waals surface area contributed by atoms with Gasteiger partial charge in [0, 0.05) is 25.7 Å². The van der Waals surface area contributed by atoms with E-state index in [0.717, 1.165) is 15.7 Å². The first-order chi connectivity index (χ1) is 15.0. The molecule has 9 heteroatoms. The summed E-state index contributed by atoms with van der Waals surface area (Å²) in [6.45, 7) is 0.493. The molecule has 0 saturated carbocycles. The summed E-state index contributed by atoms with van der Waals surface area (Å²) >= 11 is 5.92. The lowest BCUT2D eigenvalue weighted by atomic mass is 10.1. The lowest BCUT2D eigenvalue weighted by Gasteiger charge is -2.09. The molecule has 0 amide bonds. The van der Waals surface area contributed by atoms with E-state index in [9.17, 15) is 9.59 Å². The minimum atomic E-state index is -0.429. The Kier molecular flexibility index (Phi) is 5.73. The van der Waals surface area contributed by atoms with E-state index >= 15 is 0 Å². The van der Waals surface area contributed by atoms with Gasteiger partial charge in [-0.2, -0.15) is 10.1 Å². The molecule has 2 heterocycles. The van der Waals surface area contributed by atoms with Crippen molar-refractivity contribution in [1.29, 1.82) is 0 Å². The van der Waals surface area contributed by atoms with Gasteiger partial charge in [0.15, 0.2) is 11.2 Å². The van der Waals surface area contributed by atoms with Crippen LogP contribution in [-0.2, 0) is 27.1 Å². The predicted octanol–water partition coefficient (Wildman–Crippen LogP) is 2.78. The highest BCUT2D eigenvalue weighted by molar-refractivity contribution is 6.30. The molecule has 2 aromatic carbocycles. The number of nitrogens with zero attached hydrogens (tertiary/aromatic N) is 5. The average molecular weight is 437 g/mol. The van der Waals surface area contributed by atoms with Crippen molar-refractivity contribution in [2.24, 2.45) is 19.2 Å². The number of rotatable bonds is 6. The fraction of sp³-hybridized carbons (Fsp3) is 0.182. The number of fused-ring (bicyclic) bond motifs is 1. The van der Waals surface area contributed by atoms with Crippen molar-refractivity contribution in [2.75, 3.05) is 5.43 Å². The van der Waals surface area contributed by atoms with Gasteiger partial charge < -0.3 is 4.57 Å². The monoisotopic (exact) mass is 436 g/mol. The first-order valence-corrected chi connectivity index (χ1v) is 10.1. The van der Waals surface area contributed by atoms with Gasteiger partial charge in [-0.15, -0.1) is 0 Å². The number of benzene rings is 2. The third-order valence-electron chi connectivity index (χ3n) is 5.06. The van der Waals surface area contributed by atoms with E-state index in [1.54, 1.807) is 30.0 Å². The largest absolute Gasteiger partial charge is 0.332 e. The zero-order valence-corrected chi connectivity index (χ0v) is 17.9. The summed E-state index contributed by atoms with van der Waals surface area (Å²) in [7, 11) is 3.06. The van der Waals surface area contributed by atoms with Crippen LogP contribution < -0.4 is 16.7 Å². The van der Waals surface area contributed by atoms with Crippen molar-refractivity contribution in [1.82, 2.24) is 18.7 Å². The number of nitrogens with one attached hydrogen (secondary N) is 1. The van der Waals surface area contributed by atoms with Crippen LogP contribution in [0.4, 0.5) is 5.95 Å².